The lowest BCUT2D eigenvalue weighted by Crippen LogP contribution is -2.38. The smallest absolute Gasteiger partial charge is 0.407 e. The van der Waals surface area contributed by atoms with Gasteiger partial charge in [-0.1, -0.05) is 104 Å². The van der Waals surface area contributed by atoms with Gasteiger partial charge in [0.2, 0.25) is 0 Å². The molecule has 234 valence electrons. The molecule has 7 nitrogen and oxygen atoms in total. The molecule has 45 heavy (non-hydrogen) atoms. The number of carbonyl (C=O) groups is 1. The number of amides is 1. The number of nitrogens with one attached hydrogen (secondary N) is 1. The highest BCUT2D eigenvalue weighted by molar-refractivity contribution is 5.68. The van der Waals surface area contributed by atoms with E-state index in [2.05, 4.69) is 79.3 Å². The molecule has 4 unspecified atom stereocenters. The molecule has 0 radical (unpaired) electrons. The number of aliphatic hydroxyl groups is 1. The average molecular weight is 607 g/mol. The minimum atomic E-state index is -0.559. The van der Waals surface area contributed by atoms with Gasteiger partial charge in [0, 0.05) is 31.1 Å². The zero-order valence-electron chi connectivity index (χ0n) is 26.0. The number of hydrogen-bond donors (Lipinski definition) is 2. The van der Waals surface area contributed by atoms with Crippen molar-refractivity contribution < 1.29 is 24.1 Å². The van der Waals surface area contributed by atoms with E-state index in [0.29, 0.717) is 13.0 Å². The molecule has 4 aromatic rings. The van der Waals surface area contributed by atoms with Gasteiger partial charge in [0.15, 0.2) is 6.29 Å². The molecule has 1 aliphatic rings. The fourth-order valence-corrected chi connectivity index (χ4v) is 5.58. The van der Waals surface area contributed by atoms with E-state index in [1.54, 1.807) is 0 Å². The zero-order valence-corrected chi connectivity index (χ0v) is 26.0. The summed E-state index contributed by atoms with van der Waals surface area (Å²) in [7, 11) is 2.14. The molecule has 5 rings (SSSR count). The average Bonchev–Trinajstić information content (AvgIpc) is 3.10. The maximum atomic E-state index is 11.9. The Morgan fingerprint density at radius 2 is 1.69 bits per heavy atom. The van der Waals surface area contributed by atoms with E-state index in [0.717, 1.165) is 39.9 Å². The molecule has 7 heteroatoms. The van der Waals surface area contributed by atoms with Gasteiger partial charge in [-0.3, -0.25) is 4.90 Å². The molecule has 1 heterocycles. The Kier molecular flexibility index (Phi) is 11.2. The van der Waals surface area contributed by atoms with E-state index < -0.39 is 12.4 Å². The molecular weight excluding hydrogens is 564 g/mol. The van der Waals surface area contributed by atoms with Crippen LogP contribution in [0.2, 0.25) is 0 Å². The van der Waals surface area contributed by atoms with Gasteiger partial charge in [-0.15, -0.1) is 0 Å². The molecule has 0 spiro atoms. The number of carbonyl (C=O) groups excluding carboxylic acids is 1. The van der Waals surface area contributed by atoms with Crippen LogP contribution in [0, 0.1) is 0 Å². The summed E-state index contributed by atoms with van der Waals surface area (Å²) in [5.74, 6) is 0. The summed E-state index contributed by atoms with van der Waals surface area (Å²) >= 11 is 0. The first-order valence-electron chi connectivity index (χ1n) is 15.4. The van der Waals surface area contributed by atoms with Crippen molar-refractivity contribution in [1.29, 1.82) is 0 Å². The molecule has 2 N–H and O–H groups in total. The van der Waals surface area contributed by atoms with Crippen LogP contribution in [0.4, 0.5) is 4.79 Å². The van der Waals surface area contributed by atoms with Crippen molar-refractivity contribution in [2.75, 3.05) is 20.2 Å². The molecule has 0 saturated carbocycles. The minimum Gasteiger partial charge on any atom is -0.445 e. The highest BCUT2D eigenvalue weighted by Crippen LogP contribution is 2.39. The van der Waals surface area contributed by atoms with Crippen LogP contribution in [0.3, 0.4) is 0 Å². The Morgan fingerprint density at radius 3 is 2.42 bits per heavy atom. The second kappa shape index (κ2) is 15.6. The van der Waals surface area contributed by atoms with E-state index in [1.165, 1.54) is 11.6 Å². The molecule has 0 aliphatic carbocycles. The lowest BCUT2D eigenvalue weighted by molar-refractivity contribution is -0.253. The summed E-state index contributed by atoms with van der Waals surface area (Å²) in [4.78, 5) is 14.2. The molecule has 1 saturated heterocycles. The fraction of sp³-hybridized carbons (Fsp3) is 0.289. The van der Waals surface area contributed by atoms with Crippen molar-refractivity contribution in [3.05, 3.63) is 144 Å². The van der Waals surface area contributed by atoms with Crippen molar-refractivity contribution in [3.8, 4) is 11.1 Å². The van der Waals surface area contributed by atoms with Crippen LogP contribution in [0.5, 0.6) is 0 Å². The summed E-state index contributed by atoms with van der Waals surface area (Å²) < 4.78 is 18.3. The SMILES string of the molecule is C=CCOC(=O)NCc1cccc(-c2cccc(C3OC(CN(C)C(C)c4ccccc4)CC(c4ccc(CO)cc4)O3)c2)c1. The topological polar surface area (TPSA) is 80.3 Å². The lowest BCUT2D eigenvalue weighted by atomic mass is 9.98. The van der Waals surface area contributed by atoms with Crippen LogP contribution in [-0.2, 0) is 27.4 Å². The van der Waals surface area contributed by atoms with Crippen molar-refractivity contribution >= 4 is 6.09 Å². The first kappa shape index (κ1) is 32.1. The largest absolute Gasteiger partial charge is 0.445 e. The molecule has 4 aromatic carbocycles. The van der Waals surface area contributed by atoms with Crippen LogP contribution in [0.1, 0.15) is 59.6 Å². The van der Waals surface area contributed by atoms with Gasteiger partial charge >= 0.3 is 6.09 Å². The predicted molar refractivity (Wildman–Crippen MR) is 176 cm³/mol. The molecule has 1 amide bonds. The van der Waals surface area contributed by atoms with Gasteiger partial charge in [0.25, 0.3) is 0 Å². The number of aliphatic hydroxyl groups excluding tert-OH is 1. The van der Waals surface area contributed by atoms with E-state index in [-0.39, 0.29) is 31.5 Å². The maximum Gasteiger partial charge on any atom is 0.407 e. The number of benzene rings is 4. The van der Waals surface area contributed by atoms with Crippen LogP contribution < -0.4 is 5.32 Å². The van der Waals surface area contributed by atoms with Crippen LogP contribution in [0.15, 0.2) is 116 Å². The van der Waals surface area contributed by atoms with Crippen molar-refractivity contribution in [2.24, 2.45) is 0 Å². The normalized spacial score (nSPS) is 18.7. The van der Waals surface area contributed by atoms with Gasteiger partial charge in [-0.25, -0.2) is 4.79 Å². The van der Waals surface area contributed by atoms with Gasteiger partial charge in [-0.2, -0.15) is 0 Å². The number of rotatable bonds is 12. The number of nitrogens with zero attached hydrogens (tertiary/aromatic N) is 1. The third-order valence-corrected chi connectivity index (χ3v) is 8.24. The Labute approximate surface area is 266 Å². The number of hydrogen-bond acceptors (Lipinski definition) is 6. The van der Waals surface area contributed by atoms with Crippen molar-refractivity contribution in [2.45, 2.75) is 51.0 Å². The highest BCUT2D eigenvalue weighted by Gasteiger charge is 2.33. The first-order valence-corrected chi connectivity index (χ1v) is 15.4. The van der Waals surface area contributed by atoms with Gasteiger partial charge in [0.05, 0.1) is 18.8 Å². The molecule has 0 bridgehead atoms. The second-order valence-electron chi connectivity index (χ2n) is 11.4. The molecule has 4 atom stereocenters. The Bertz CT molecular complexity index is 1540. The first-order chi connectivity index (χ1) is 21.9. The van der Waals surface area contributed by atoms with E-state index in [9.17, 15) is 9.90 Å². The van der Waals surface area contributed by atoms with Gasteiger partial charge in [0.1, 0.15) is 6.61 Å². The Morgan fingerprint density at radius 1 is 0.956 bits per heavy atom. The Balaban J connectivity index is 1.35. The molecule has 1 fully saturated rings. The number of likely N-dealkylation sites (N-methyl/N-ethyl adjacent to an activating group) is 1. The zero-order chi connectivity index (χ0) is 31.6. The van der Waals surface area contributed by atoms with E-state index >= 15 is 0 Å². The quantitative estimate of drug-likeness (QED) is 0.163. The van der Waals surface area contributed by atoms with Crippen LogP contribution in [0.25, 0.3) is 11.1 Å². The summed E-state index contributed by atoms with van der Waals surface area (Å²) in [6, 6.07) is 35.0. The summed E-state index contributed by atoms with van der Waals surface area (Å²) in [6.45, 7) is 7.05. The van der Waals surface area contributed by atoms with Gasteiger partial charge in [-0.05, 0) is 59.5 Å². The summed E-state index contributed by atoms with van der Waals surface area (Å²) in [6.07, 6.45) is 0.976. The standard InChI is InChI=1S/C38H42N2O5/c1-4-20-43-38(42)39-24-29-10-8-13-32(21-29)33-14-9-15-34(22-33)37-44-35(25-40(3)27(2)30-11-6-5-7-12-30)23-36(45-37)31-18-16-28(26-41)17-19-31/h4-19,21-22,27,35-37,41H,1,20,23-26H2,2-3H3,(H,39,42). The highest BCUT2D eigenvalue weighted by atomic mass is 16.7. The minimum absolute atomic E-state index is 0.00574. The second-order valence-corrected chi connectivity index (χ2v) is 11.4. The maximum absolute atomic E-state index is 11.9. The summed E-state index contributed by atoms with van der Waals surface area (Å²) in [5.41, 5.74) is 7.14. The summed E-state index contributed by atoms with van der Waals surface area (Å²) in [5, 5.41) is 12.3. The predicted octanol–water partition coefficient (Wildman–Crippen LogP) is 7.50. The monoisotopic (exact) mass is 606 g/mol. The fourth-order valence-electron chi connectivity index (χ4n) is 5.58. The van der Waals surface area contributed by atoms with Crippen molar-refractivity contribution in [3.63, 3.8) is 0 Å². The molecule has 1 aliphatic heterocycles. The van der Waals surface area contributed by atoms with E-state index in [4.69, 9.17) is 14.2 Å². The third kappa shape index (κ3) is 8.68. The third-order valence-electron chi connectivity index (χ3n) is 8.24. The van der Waals surface area contributed by atoms with Crippen LogP contribution in [-0.4, -0.2) is 42.4 Å². The Hall–Kier alpha value is -4.27. The molecule has 0 aromatic heterocycles. The lowest BCUT2D eigenvalue weighted by Gasteiger charge is -2.39. The molecular formula is C38H42N2O5. The van der Waals surface area contributed by atoms with Crippen molar-refractivity contribution in [1.82, 2.24) is 10.2 Å². The number of ether oxygens (including phenoxy) is 3. The van der Waals surface area contributed by atoms with Gasteiger partial charge < -0.3 is 24.6 Å². The number of alkyl carbamates (subject to hydrolysis) is 1. The van der Waals surface area contributed by atoms with E-state index in [1.807, 2.05) is 54.6 Å². The van der Waals surface area contributed by atoms with Crippen LogP contribution >= 0.6 is 0 Å².